The molecule has 1 aromatic rings. The topological polar surface area (TPSA) is 242 Å². The van der Waals surface area contributed by atoms with E-state index >= 15 is 0 Å². The van der Waals surface area contributed by atoms with E-state index in [0.717, 1.165) is 12.1 Å². The monoisotopic (exact) mass is 570 g/mol. The van der Waals surface area contributed by atoms with E-state index in [2.05, 4.69) is 20.2 Å². The number of rotatable bonds is 12. The molecule has 188 valence electrons. The number of nitrogens with zero attached hydrogens (tertiary/aromatic N) is 5. The van der Waals surface area contributed by atoms with E-state index in [-0.39, 0.29) is 64.6 Å². The molecule has 1 aliphatic heterocycles. The molecule has 0 aliphatic carbocycles. The molecule has 1 aliphatic rings. The number of nitro groups is 1. The molecule has 3 amide bonds. The Hall–Kier alpha value is -2.38. The fourth-order valence-electron chi connectivity index (χ4n) is 2.57. The molecule has 1 aromatic carbocycles. The van der Waals surface area contributed by atoms with Gasteiger partial charge >= 0.3 is 35.5 Å². The van der Waals surface area contributed by atoms with Gasteiger partial charge < -0.3 is 14.7 Å². The van der Waals surface area contributed by atoms with Crippen LogP contribution in [-0.4, -0.2) is 69.9 Å². The number of azide groups is 1. The molecular formula is C16H15N6NaO10S3. The standard InChI is InChI=1S/C16H16N6O10S3.Na/c17-20-19-9-1-2-11(22(27)28)10(7-9)15(25)18-4-6-34-33-5-3-14(24)32-21-13(23)8-12(16(21)26)35(29,30)31;/h1-2,7,12H,3-6,8H2,(H,18,25)(H,29,30,31);/q;+1/p-1. The van der Waals surface area contributed by atoms with Crippen molar-refractivity contribution in [3.05, 3.63) is 44.3 Å². The Balaban J connectivity index is 0.00000648. The fourth-order valence-corrected chi connectivity index (χ4v) is 5.14. The van der Waals surface area contributed by atoms with Gasteiger partial charge in [0, 0.05) is 34.7 Å². The minimum Gasteiger partial charge on any atom is -0.747 e. The number of benzene rings is 1. The quantitative estimate of drug-likeness (QED) is 0.0279. The molecule has 1 unspecified atom stereocenters. The summed E-state index contributed by atoms with van der Waals surface area (Å²) in [4.78, 5) is 64.9. The van der Waals surface area contributed by atoms with Crippen LogP contribution < -0.4 is 34.9 Å². The van der Waals surface area contributed by atoms with E-state index < -0.39 is 56.1 Å². The van der Waals surface area contributed by atoms with Crippen molar-refractivity contribution in [3.63, 3.8) is 0 Å². The first-order chi connectivity index (χ1) is 16.5. The minimum absolute atomic E-state index is 0. The van der Waals surface area contributed by atoms with Crippen molar-refractivity contribution in [3.8, 4) is 0 Å². The molecule has 1 fully saturated rings. The van der Waals surface area contributed by atoms with E-state index in [4.69, 9.17) is 5.53 Å². The first-order valence-corrected chi connectivity index (χ1v) is 13.3. The van der Waals surface area contributed by atoms with Crippen LogP contribution in [0.2, 0.25) is 0 Å². The summed E-state index contributed by atoms with van der Waals surface area (Å²) >= 11 is 0. The van der Waals surface area contributed by atoms with Crippen molar-refractivity contribution < 1.29 is 71.5 Å². The largest absolute Gasteiger partial charge is 1.00 e. The Morgan fingerprint density at radius 2 is 1.97 bits per heavy atom. The third-order valence-corrected chi connectivity index (χ3v) is 7.60. The molecule has 0 radical (unpaired) electrons. The predicted molar refractivity (Wildman–Crippen MR) is 120 cm³/mol. The number of nitrogens with one attached hydrogen (secondary N) is 1. The van der Waals surface area contributed by atoms with E-state index in [1.807, 2.05) is 0 Å². The third-order valence-electron chi connectivity index (χ3n) is 4.13. The molecule has 0 aromatic heterocycles. The Morgan fingerprint density at radius 1 is 1.31 bits per heavy atom. The molecule has 0 spiro atoms. The number of hydroxylamine groups is 2. The van der Waals surface area contributed by atoms with Crippen molar-refractivity contribution in [1.29, 1.82) is 0 Å². The molecule has 16 nitrogen and oxygen atoms in total. The molecule has 1 saturated heterocycles. The van der Waals surface area contributed by atoms with Gasteiger partial charge in [-0.05, 0) is 17.7 Å². The second-order valence-electron chi connectivity index (χ2n) is 6.47. The number of amides is 3. The van der Waals surface area contributed by atoms with Crippen LogP contribution in [-0.2, 0) is 29.3 Å². The minimum atomic E-state index is -5.06. The van der Waals surface area contributed by atoms with Gasteiger partial charge in [-0.2, -0.15) is 0 Å². The Bertz CT molecular complexity index is 1210. The Labute approximate surface area is 233 Å². The van der Waals surface area contributed by atoms with Crippen LogP contribution in [0, 0.1) is 10.1 Å². The van der Waals surface area contributed by atoms with Gasteiger partial charge in [-0.25, -0.2) is 13.2 Å². The maximum Gasteiger partial charge on any atom is 1.00 e. The number of nitro benzene ring substituents is 1. The summed E-state index contributed by atoms with van der Waals surface area (Å²) in [6, 6.07) is 3.34. The number of hydrogen-bond donors (Lipinski definition) is 1. The molecule has 36 heavy (non-hydrogen) atoms. The summed E-state index contributed by atoms with van der Waals surface area (Å²) in [7, 11) is -2.66. The van der Waals surface area contributed by atoms with E-state index in [1.165, 1.54) is 27.7 Å². The molecule has 0 saturated carbocycles. The van der Waals surface area contributed by atoms with Crippen molar-refractivity contribution >= 4 is 66.8 Å². The third kappa shape index (κ3) is 8.93. The van der Waals surface area contributed by atoms with Crippen LogP contribution in [0.15, 0.2) is 23.3 Å². The van der Waals surface area contributed by atoms with E-state index in [0.29, 0.717) is 5.75 Å². The number of carbonyl (C=O) groups excluding carboxylic acids is 4. The average molecular weight is 571 g/mol. The summed E-state index contributed by atoms with van der Waals surface area (Å²) in [5.74, 6) is -3.78. The second kappa shape index (κ2) is 14.4. The van der Waals surface area contributed by atoms with Gasteiger partial charge in [-0.15, -0.1) is 5.06 Å². The summed E-state index contributed by atoms with van der Waals surface area (Å²) in [5, 5.41) is 14.7. The van der Waals surface area contributed by atoms with Gasteiger partial charge in [-0.1, -0.05) is 26.7 Å². The first kappa shape index (κ1) is 31.6. The molecule has 20 heteroatoms. The zero-order valence-corrected chi connectivity index (χ0v) is 22.8. The van der Waals surface area contributed by atoms with Crippen molar-refractivity contribution in [2.75, 3.05) is 18.1 Å². The van der Waals surface area contributed by atoms with E-state index in [1.54, 1.807) is 0 Å². The molecule has 1 atom stereocenters. The molecule has 1 N–H and O–H groups in total. The van der Waals surface area contributed by atoms with Crippen LogP contribution in [0.5, 0.6) is 0 Å². The van der Waals surface area contributed by atoms with Gasteiger partial charge in [0.05, 0.1) is 17.8 Å². The molecule has 2 rings (SSSR count). The maximum atomic E-state index is 12.3. The fraction of sp³-hybridized carbons (Fsp3) is 0.375. The molecule has 0 bridgehead atoms. The number of imide groups is 1. The molecule has 1 heterocycles. The van der Waals surface area contributed by atoms with Crippen LogP contribution in [0.4, 0.5) is 11.4 Å². The second-order valence-corrected chi connectivity index (χ2v) is 10.7. The average Bonchev–Trinajstić information content (AvgIpc) is 3.07. The summed E-state index contributed by atoms with van der Waals surface area (Å²) in [6.45, 7) is 0.103. The summed E-state index contributed by atoms with van der Waals surface area (Å²) in [5.41, 5.74) is 7.75. The first-order valence-electron chi connectivity index (χ1n) is 9.34. The summed E-state index contributed by atoms with van der Waals surface area (Å²) < 4.78 is 32.9. The zero-order valence-electron chi connectivity index (χ0n) is 18.4. The SMILES string of the molecule is [N-]=[N+]=Nc1ccc([N+](=O)[O-])c(C(=O)NCCSSCCC(=O)ON2C(=O)CC(S(=O)(=O)[O-])C2=O)c1.[Na+]. The van der Waals surface area contributed by atoms with Crippen LogP contribution in [0.1, 0.15) is 23.2 Å². The van der Waals surface area contributed by atoms with Gasteiger partial charge in [-0.3, -0.25) is 24.5 Å². The Kier molecular flexibility index (Phi) is 12.6. The maximum absolute atomic E-state index is 12.3. The van der Waals surface area contributed by atoms with Crippen molar-refractivity contribution in [2.45, 2.75) is 18.1 Å². The Morgan fingerprint density at radius 3 is 2.56 bits per heavy atom. The number of hydrogen-bond acceptors (Lipinski definition) is 13. The normalized spacial score (nSPS) is 15.0. The molecular weight excluding hydrogens is 555 g/mol. The van der Waals surface area contributed by atoms with Crippen LogP contribution in [0.25, 0.3) is 10.4 Å². The van der Waals surface area contributed by atoms with Crippen LogP contribution in [0.3, 0.4) is 0 Å². The van der Waals surface area contributed by atoms with Crippen LogP contribution >= 0.6 is 21.6 Å². The van der Waals surface area contributed by atoms with Gasteiger partial charge in [0.25, 0.3) is 23.4 Å². The van der Waals surface area contributed by atoms with Gasteiger partial charge in [0.2, 0.25) is 0 Å². The predicted octanol–water partition coefficient (Wildman–Crippen LogP) is -1.83. The number of carbonyl (C=O) groups is 4. The van der Waals surface area contributed by atoms with Gasteiger partial charge in [0.1, 0.15) is 20.9 Å². The van der Waals surface area contributed by atoms with Gasteiger partial charge in [0.15, 0.2) is 0 Å². The smallest absolute Gasteiger partial charge is 0.747 e. The van der Waals surface area contributed by atoms with Crippen molar-refractivity contribution in [2.24, 2.45) is 5.11 Å². The van der Waals surface area contributed by atoms with Crippen molar-refractivity contribution in [1.82, 2.24) is 10.4 Å². The zero-order chi connectivity index (χ0) is 26.2. The summed E-state index contributed by atoms with van der Waals surface area (Å²) in [6.07, 6.45) is -1.15. The van der Waals surface area contributed by atoms with E-state index in [9.17, 15) is 42.3 Å².